The molecule has 1 aliphatic rings. The van der Waals surface area contributed by atoms with Gasteiger partial charge in [0.25, 0.3) is 5.91 Å². The summed E-state index contributed by atoms with van der Waals surface area (Å²) in [5, 5.41) is 0. The molecule has 0 saturated carbocycles. The van der Waals surface area contributed by atoms with E-state index in [0.717, 1.165) is 4.90 Å². The highest BCUT2D eigenvalue weighted by atomic mass is 32.2. The van der Waals surface area contributed by atoms with E-state index in [4.69, 9.17) is 4.74 Å². The van der Waals surface area contributed by atoms with Gasteiger partial charge < -0.3 is 4.74 Å². The molecular formula is C22H26N2O5S. The van der Waals surface area contributed by atoms with Crippen LogP contribution in [0.1, 0.15) is 33.6 Å². The highest BCUT2D eigenvalue weighted by Crippen LogP contribution is 2.32. The van der Waals surface area contributed by atoms with Gasteiger partial charge in [-0.1, -0.05) is 25.1 Å². The second kappa shape index (κ2) is 8.97. The summed E-state index contributed by atoms with van der Waals surface area (Å²) in [5.74, 6) is -0.334. The van der Waals surface area contributed by atoms with Gasteiger partial charge in [-0.3, -0.25) is 9.59 Å². The van der Waals surface area contributed by atoms with Gasteiger partial charge in [-0.2, -0.15) is 4.31 Å². The minimum Gasteiger partial charge on any atom is -0.494 e. The third kappa shape index (κ3) is 4.11. The molecule has 2 aromatic rings. The number of amides is 2. The summed E-state index contributed by atoms with van der Waals surface area (Å²) in [6.07, 6.45) is 0.315. The van der Waals surface area contributed by atoms with Gasteiger partial charge in [-0.05, 0) is 56.7 Å². The number of ether oxygens (including phenoxy) is 1. The minimum absolute atomic E-state index is 0.102. The number of hydrogen-bond acceptors (Lipinski definition) is 5. The smallest absolute Gasteiger partial charge is 0.252 e. The van der Waals surface area contributed by atoms with Crippen molar-refractivity contribution >= 4 is 27.5 Å². The molecule has 7 nitrogen and oxygen atoms in total. The van der Waals surface area contributed by atoms with Gasteiger partial charge in [0.05, 0.1) is 23.6 Å². The van der Waals surface area contributed by atoms with Gasteiger partial charge in [0.15, 0.2) is 0 Å². The molecule has 0 spiro atoms. The second-order valence-corrected chi connectivity index (χ2v) is 8.96. The van der Waals surface area contributed by atoms with Crippen LogP contribution >= 0.6 is 0 Å². The van der Waals surface area contributed by atoms with Crippen molar-refractivity contribution in [1.29, 1.82) is 0 Å². The molecule has 2 aromatic carbocycles. The zero-order chi connectivity index (χ0) is 21.9. The van der Waals surface area contributed by atoms with Crippen molar-refractivity contribution in [2.45, 2.75) is 50.6 Å². The largest absolute Gasteiger partial charge is 0.494 e. The number of benzene rings is 2. The van der Waals surface area contributed by atoms with Gasteiger partial charge in [0.1, 0.15) is 11.8 Å². The molecule has 1 aliphatic heterocycles. The molecule has 8 heteroatoms. The van der Waals surface area contributed by atoms with Crippen molar-refractivity contribution in [2.24, 2.45) is 0 Å². The summed E-state index contributed by atoms with van der Waals surface area (Å²) in [4.78, 5) is 27.1. The van der Waals surface area contributed by atoms with Crippen LogP contribution in [0.4, 0.5) is 5.69 Å². The molecule has 0 aromatic heterocycles. The summed E-state index contributed by atoms with van der Waals surface area (Å²) in [5.41, 5.74) is 0.400. The Balaban J connectivity index is 1.96. The van der Waals surface area contributed by atoms with Crippen LogP contribution in [0, 0.1) is 0 Å². The highest BCUT2D eigenvalue weighted by molar-refractivity contribution is 7.89. The molecule has 0 radical (unpaired) electrons. The van der Waals surface area contributed by atoms with Crippen molar-refractivity contribution in [3.05, 3.63) is 54.6 Å². The lowest BCUT2D eigenvalue weighted by molar-refractivity contribution is -0.122. The van der Waals surface area contributed by atoms with Crippen molar-refractivity contribution in [3.63, 3.8) is 0 Å². The first-order chi connectivity index (χ1) is 14.3. The Morgan fingerprint density at radius 3 is 2.27 bits per heavy atom. The number of sulfonamides is 1. The van der Waals surface area contributed by atoms with Gasteiger partial charge in [-0.25, -0.2) is 13.3 Å². The molecule has 0 aliphatic carbocycles. The zero-order valence-electron chi connectivity index (χ0n) is 17.3. The van der Waals surface area contributed by atoms with E-state index in [1.165, 1.54) is 16.4 Å². The molecule has 0 N–H and O–H groups in total. The Morgan fingerprint density at radius 1 is 1.07 bits per heavy atom. The van der Waals surface area contributed by atoms with Crippen molar-refractivity contribution < 1.29 is 22.7 Å². The van der Waals surface area contributed by atoms with Gasteiger partial charge in [0, 0.05) is 6.04 Å². The van der Waals surface area contributed by atoms with Crippen LogP contribution in [0.3, 0.4) is 0 Å². The highest BCUT2D eigenvalue weighted by Gasteiger charge is 2.48. The van der Waals surface area contributed by atoms with Crippen LogP contribution in [0.2, 0.25) is 0 Å². The lowest BCUT2D eigenvalue weighted by Crippen LogP contribution is -2.49. The fraction of sp³-hybridized carbons (Fsp3) is 0.364. The van der Waals surface area contributed by atoms with Crippen molar-refractivity contribution in [2.75, 3.05) is 11.5 Å². The number of rotatable bonds is 8. The standard InChI is InChI=1S/C22H26N2O5S/c1-4-16(3)24(30(27,28)19-9-7-6-8-10-19)20-15-21(25)23(22(20)26)17-11-13-18(14-12-17)29-5-2/h6-14,16,20H,4-5,15H2,1-3H3. The second-order valence-electron chi connectivity index (χ2n) is 7.12. The lowest BCUT2D eigenvalue weighted by atomic mass is 10.2. The van der Waals surface area contributed by atoms with Crippen LogP contribution in [-0.4, -0.2) is 43.2 Å². The molecule has 1 saturated heterocycles. The van der Waals surface area contributed by atoms with Crippen LogP contribution < -0.4 is 9.64 Å². The fourth-order valence-electron chi connectivity index (χ4n) is 3.55. The van der Waals surface area contributed by atoms with E-state index in [1.807, 2.05) is 13.8 Å². The molecule has 3 rings (SSSR count). The molecular weight excluding hydrogens is 404 g/mol. The number of carbonyl (C=O) groups excluding carboxylic acids is 2. The van der Waals surface area contributed by atoms with Crippen LogP contribution in [0.15, 0.2) is 59.5 Å². The quantitative estimate of drug-likeness (QED) is 0.601. The predicted molar refractivity (Wildman–Crippen MR) is 114 cm³/mol. The molecule has 30 heavy (non-hydrogen) atoms. The molecule has 2 amide bonds. The SMILES string of the molecule is CCOc1ccc(N2C(=O)CC(N(C(C)CC)S(=O)(=O)c3ccccc3)C2=O)cc1. The van der Waals surface area contributed by atoms with Gasteiger partial charge in [0.2, 0.25) is 15.9 Å². The van der Waals surface area contributed by atoms with Crippen LogP contribution in [0.5, 0.6) is 5.75 Å². The van der Waals surface area contributed by atoms with E-state index in [1.54, 1.807) is 49.4 Å². The third-order valence-corrected chi connectivity index (χ3v) is 7.22. The molecule has 1 fully saturated rings. The van der Waals surface area contributed by atoms with E-state index < -0.39 is 33.9 Å². The van der Waals surface area contributed by atoms with E-state index in [9.17, 15) is 18.0 Å². The number of anilines is 1. The average molecular weight is 431 g/mol. The summed E-state index contributed by atoms with van der Waals surface area (Å²) in [6, 6.07) is 13.1. The predicted octanol–water partition coefficient (Wildman–Crippen LogP) is 3.21. The van der Waals surface area contributed by atoms with E-state index in [2.05, 4.69) is 0 Å². The summed E-state index contributed by atoms with van der Waals surface area (Å²) in [6.45, 7) is 5.97. The Labute approximate surface area is 177 Å². The zero-order valence-corrected chi connectivity index (χ0v) is 18.1. The lowest BCUT2D eigenvalue weighted by Gasteiger charge is -2.31. The maximum Gasteiger partial charge on any atom is 0.252 e. The van der Waals surface area contributed by atoms with E-state index >= 15 is 0 Å². The number of carbonyl (C=O) groups is 2. The first-order valence-electron chi connectivity index (χ1n) is 9.99. The summed E-state index contributed by atoms with van der Waals surface area (Å²) >= 11 is 0. The first-order valence-corrected chi connectivity index (χ1v) is 11.4. The first kappa shape index (κ1) is 22.0. The van der Waals surface area contributed by atoms with Crippen molar-refractivity contribution in [3.8, 4) is 5.75 Å². The molecule has 1 heterocycles. The molecule has 2 unspecified atom stereocenters. The maximum atomic E-state index is 13.4. The van der Waals surface area contributed by atoms with Crippen molar-refractivity contribution in [1.82, 2.24) is 4.31 Å². The Bertz CT molecular complexity index is 1010. The Kier molecular flexibility index (Phi) is 6.58. The Hall–Kier alpha value is -2.71. The number of imide groups is 1. The molecule has 2 atom stereocenters. The Morgan fingerprint density at radius 2 is 1.70 bits per heavy atom. The van der Waals surface area contributed by atoms with Gasteiger partial charge in [-0.15, -0.1) is 0 Å². The maximum absolute atomic E-state index is 13.4. The van der Waals surface area contributed by atoms with E-state index in [-0.39, 0.29) is 11.3 Å². The van der Waals surface area contributed by atoms with E-state index in [0.29, 0.717) is 24.5 Å². The monoisotopic (exact) mass is 430 g/mol. The molecule has 160 valence electrons. The number of nitrogens with zero attached hydrogens (tertiary/aromatic N) is 2. The van der Waals surface area contributed by atoms with Gasteiger partial charge >= 0.3 is 0 Å². The number of hydrogen-bond donors (Lipinski definition) is 0. The third-order valence-electron chi connectivity index (χ3n) is 5.18. The molecule has 0 bridgehead atoms. The summed E-state index contributed by atoms with van der Waals surface area (Å²) in [7, 11) is -3.96. The normalized spacial score (nSPS) is 18.1. The van der Waals surface area contributed by atoms with Crippen LogP contribution in [-0.2, 0) is 19.6 Å². The van der Waals surface area contributed by atoms with Crippen LogP contribution in [0.25, 0.3) is 0 Å². The summed E-state index contributed by atoms with van der Waals surface area (Å²) < 4.78 is 33.3. The topological polar surface area (TPSA) is 84.0 Å². The fourth-order valence-corrected chi connectivity index (χ4v) is 5.42. The minimum atomic E-state index is -3.96. The average Bonchev–Trinajstić information content (AvgIpc) is 3.03.